The van der Waals surface area contributed by atoms with Crippen molar-refractivity contribution in [3.8, 4) is 0 Å². The number of halogens is 1. The Hall–Kier alpha value is -1.94. The van der Waals surface area contributed by atoms with E-state index in [-0.39, 0.29) is 23.9 Å². The van der Waals surface area contributed by atoms with Gasteiger partial charge < -0.3 is 30.3 Å². The Bertz CT molecular complexity index is 999. The Balaban J connectivity index is 1.26. The van der Waals surface area contributed by atoms with Gasteiger partial charge in [-0.3, -0.25) is 4.79 Å². The molecule has 1 unspecified atom stereocenters. The predicted octanol–water partition coefficient (Wildman–Crippen LogP) is 2.45. The minimum absolute atomic E-state index is 0.0589. The largest absolute Gasteiger partial charge is 0.387 e. The molecule has 4 atom stereocenters. The smallest absolute Gasteiger partial charge is 0.231 e. The van der Waals surface area contributed by atoms with Crippen molar-refractivity contribution >= 4 is 27.7 Å². The summed E-state index contributed by atoms with van der Waals surface area (Å²) in [6, 6.07) is 8.54. The van der Waals surface area contributed by atoms with Gasteiger partial charge in [0.05, 0.1) is 12.0 Å². The number of hydrogen-bond acceptors (Lipinski definition) is 7. The zero-order chi connectivity index (χ0) is 25.2. The summed E-state index contributed by atoms with van der Waals surface area (Å²) < 4.78 is 6.51. The molecule has 3 aliphatic heterocycles. The van der Waals surface area contributed by atoms with E-state index in [4.69, 9.17) is 9.73 Å². The number of carbonyl (C=O) groups excluding carboxylic acids is 1. The van der Waals surface area contributed by atoms with E-state index in [1.54, 1.807) is 0 Å². The molecule has 9 heteroatoms. The quantitative estimate of drug-likeness (QED) is 0.513. The van der Waals surface area contributed by atoms with E-state index in [1.807, 2.05) is 24.0 Å². The third kappa shape index (κ3) is 5.49. The fourth-order valence-electron chi connectivity index (χ4n) is 5.88. The van der Waals surface area contributed by atoms with Crippen LogP contribution in [0.5, 0.6) is 0 Å². The molecule has 3 heterocycles. The van der Waals surface area contributed by atoms with Crippen molar-refractivity contribution in [2.75, 3.05) is 45.9 Å². The van der Waals surface area contributed by atoms with Crippen molar-refractivity contribution in [2.45, 2.75) is 57.3 Å². The Morgan fingerprint density at radius 3 is 2.58 bits per heavy atom. The number of carbonyl (C=O) groups is 1. The normalized spacial score (nSPS) is 28.0. The molecule has 0 saturated carbocycles. The number of ether oxygens (including phenoxy) is 1. The highest BCUT2D eigenvalue weighted by Gasteiger charge is 2.39. The second-order valence-corrected chi connectivity index (χ2v) is 11.4. The van der Waals surface area contributed by atoms with Crippen LogP contribution in [-0.4, -0.2) is 90.9 Å². The SMILES string of the molecule is CC1N=C(N2CCN(C(=O)[C@H](CNC3CCOCC3)c3ccc(Br)cc3)CC2)C2=C(N1)[C@@H](O)C[C@H]2C. The van der Waals surface area contributed by atoms with Crippen LogP contribution in [-0.2, 0) is 9.53 Å². The third-order valence-corrected chi connectivity index (χ3v) is 8.44. The van der Waals surface area contributed by atoms with E-state index in [0.717, 1.165) is 72.7 Å². The number of rotatable bonds is 5. The van der Waals surface area contributed by atoms with Gasteiger partial charge in [-0.1, -0.05) is 35.0 Å². The molecule has 0 radical (unpaired) electrons. The van der Waals surface area contributed by atoms with Gasteiger partial charge in [0.25, 0.3) is 0 Å². The molecule has 0 bridgehead atoms. The van der Waals surface area contributed by atoms with E-state index in [1.165, 1.54) is 0 Å². The number of aliphatic hydroxyl groups is 1. The zero-order valence-corrected chi connectivity index (χ0v) is 22.8. The summed E-state index contributed by atoms with van der Waals surface area (Å²) in [6.45, 7) is 9.21. The van der Waals surface area contributed by atoms with Crippen molar-refractivity contribution in [3.05, 3.63) is 45.6 Å². The van der Waals surface area contributed by atoms with E-state index >= 15 is 0 Å². The second-order valence-electron chi connectivity index (χ2n) is 10.5. The first-order valence-electron chi connectivity index (χ1n) is 13.3. The number of nitrogens with zero attached hydrogens (tertiary/aromatic N) is 3. The van der Waals surface area contributed by atoms with Crippen molar-refractivity contribution in [1.82, 2.24) is 20.4 Å². The first-order chi connectivity index (χ1) is 17.4. The minimum Gasteiger partial charge on any atom is -0.387 e. The highest BCUT2D eigenvalue weighted by molar-refractivity contribution is 9.10. The minimum atomic E-state index is -0.444. The van der Waals surface area contributed by atoms with Crippen LogP contribution in [0.25, 0.3) is 0 Å². The molecule has 2 saturated heterocycles. The van der Waals surface area contributed by atoms with E-state index in [9.17, 15) is 9.90 Å². The molecule has 1 amide bonds. The number of amidine groups is 1. The summed E-state index contributed by atoms with van der Waals surface area (Å²) in [7, 11) is 0. The van der Waals surface area contributed by atoms with Crippen LogP contribution in [0.4, 0.5) is 0 Å². The van der Waals surface area contributed by atoms with Crippen molar-refractivity contribution in [2.24, 2.45) is 10.9 Å². The molecular weight excluding hydrogens is 522 g/mol. The number of piperazine rings is 1. The average molecular weight is 561 g/mol. The fraction of sp³-hybridized carbons (Fsp3) is 0.630. The summed E-state index contributed by atoms with van der Waals surface area (Å²) in [5, 5.41) is 17.5. The predicted molar refractivity (Wildman–Crippen MR) is 144 cm³/mol. The van der Waals surface area contributed by atoms with Crippen LogP contribution >= 0.6 is 15.9 Å². The molecule has 196 valence electrons. The summed E-state index contributed by atoms with van der Waals surface area (Å²) in [5.41, 5.74) is 3.13. The molecule has 1 aromatic carbocycles. The molecule has 3 N–H and O–H groups in total. The van der Waals surface area contributed by atoms with E-state index in [2.05, 4.69) is 50.5 Å². The van der Waals surface area contributed by atoms with Crippen molar-refractivity contribution in [3.63, 3.8) is 0 Å². The molecule has 8 nitrogen and oxygen atoms in total. The second kappa shape index (κ2) is 11.2. The number of hydrogen-bond donors (Lipinski definition) is 3. The van der Waals surface area contributed by atoms with Gasteiger partial charge in [-0.25, -0.2) is 4.99 Å². The summed E-state index contributed by atoms with van der Waals surface area (Å²) in [5.74, 6) is 1.23. The van der Waals surface area contributed by atoms with Gasteiger partial charge in [0.1, 0.15) is 12.0 Å². The highest BCUT2D eigenvalue weighted by atomic mass is 79.9. The average Bonchev–Trinajstić information content (AvgIpc) is 3.18. The van der Waals surface area contributed by atoms with Crippen molar-refractivity contribution in [1.29, 1.82) is 0 Å². The monoisotopic (exact) mass is 559 g/mol. The lowest BCUT2D eigenvalue weighted by Crippen LogP contribution is -2.54. The maximum absolute atomic E-state index is 13.8. The third-order valence-electron chi connectivity index (χ3n) is 7.91. The number of aliphatic hydroxyl groups excluding tert-OH is 1. The maximum atomic E-state index is 13.8. The highest BCUT2D eigenvalue weighted by Crippen LogP contribution is 2.35. The molecule has 5 rings (SSSR count). The summed E-state index contributed by atoms with van der Waals surface area (Å²) in [4.78, 5) is 23.0. The van der Waals surface area contributed by atoms with Crippen LogP contribution in [0.1, 0.15) is 44.6 Å². The molecule has 1 aromatic rings. The number of benzene rings is 1. The van der Waals surface area contributed by atoms with Crippen LogP contribution in [0.15, 0.2) is 45.0 Å². The lowest BCUT2D eigenvalue weighted by atomic mass is 9.96. The van der Waals surface area contributed by atoms with Gasteiger partial charge in [0.2, 0.25) is 5.91 Å². The Morgan fingerprint density at radius 1 is 1.19 bits per heavy atom. The van der Waals surface area contributed by atoms with E-state index < -0.39 is 6.10 Å². The standard InChI is InChI=1S/C27H38BrN5O3/c1-17-15-23(34)25-24(17)26(31-18(2)30-25)32-9-11-33(12-10-32)27(35)22(19-3-5-20(28)6-4-19)16-29-21-7-13-36-14-8-21/h3-6,17-18,21-23,29-30,34H,7-16H2,1-2H3/t17-,18?,22-,23+/m1/s1. The van der Waals surface area contributed by atoms with Crippen LogP contribution in [0.2, 0.25) is 0 Å². The Kier molecular flexibility index (Phi) is 8.00. The lowest BCUT2D eigenvalue weighted by Gasteiger charge is -2.40. The number of nitrogens with one attached hydrogen (secondary N) is 2. The van der Waals surface area contributed by atoms with Gasteiger partial charge >= 0.3 is 0 Å². The molecule has 4 aliphatic rings. The van der Waals surface area contributed by atoms with Gasteiger partial charge in [-0.15, -0.1) is 0 Å². The molecular formula is C27H38BrN5O3. The Morgan fingerprint density at radius 2 is 1.89 bits per heavy atom. The van der Waals surface area contributed by atoms with Gasteiger partial charge in [0.15, 0.2) is 0 Å². The summed E-state index contributed by atoms with van der Waals surface area (Å²) in [6.07, 6.45) is 2.20. The summed E-state index contributed by atoms with van der Waals surface area (Å²) >= 11 is 3.52. The molecule has 1 aliphatic carbocycles. The van der Waals surface area contributed by atoms with Gasteiger partial charge in [0, 0.05) is 67.7 Å². The molecule has 36 heavy (non-hydrogen) atoms. The topological polar surface area (TPSA) is 89.4 Å². The first-order valence-corrected chi connectivity index (χ1v) is 14.1. The number of aliphatic imine (C=N–C) groups is 1. The fourth-order valence-corrected chi connectivity index (χ4v) is 6.15. The molecule has 0 aromatic heterocycles. The van der Waals surface area contributed by atoms with Crippen LogP contribution < -0.4 is 10.6 Å². The maximum Gasteiger partial charge on any atom is 0.231 e. The van der Waals surface area contributed by atoms with Crippen molar-refractivity contribution < 1.29 is 14.6 Å². The lowest BCUT2D eigenvalue weighted by molar-refractivity contribution is -0.134. The zero-order valence-electron chi connectivity index (χ0n) is 21.3. The van der Waals surface area contributed by atoms with Gasteiger partial charge in [-0.05, 0) is 49.8 Å². The van der Waals surface area contributed by atoms with E-state index in [0.29, 0.717) is 25.7 Å². The molecule has 0 spiro atoms. The number of amides is 1. The van der Waals surface area contributed by atoms with Crippen LogP contribution in [0, 0.1) is 5.92 Å². The van der Waals surface area contributed by atoms with Crippen LogP contribution in [0.3, 0.4) is 0 Å². The Labute approximate surface area is 222 Å². The first kappa shape index (κ1) is 25.7. The molecule has 2 fully saturated rings. The van der Waals surface area contributed by atoms with Gasteiger partial charge in [-0.2, -0.15) is 0 Å².